The topological polar surface area (TPSA) is 84.5 Å². The van der Waals surface area contributed by atoms with Crippen molar-refractivity contribution in [3.63, 3.8) is 0 Å². The van der Waals surface area contributed by atoms with Gasteiger partial charge < -0.3 is 15.4 Å². The lowest BCUT2D eigenvalue weighted by molar-refractivity contribution is -0.158. The van der Waals surface area contributed by atoms with Crippen molar-refractivity contribution in [2.24, 2.45) is 5.41 Å². The van der Waals surface area contributed by atoms with Gasteiger partial charge in [0.25, 0.3) is 0 Å². The summed E-state index contributed by atoms with van der Waals surface area (Å²) in [7, 11) is 0. The first kappa shape index (κ1) is 19.4. The minimum absolute atomic E-state index is 0.115. The van der Waals surface area contributed by atoms with Crippen molar-refractivity contribution < 1.29 is 19.1 Å². The molecule has 2 amide bonds. The van der Waals surface area contributed by atoms with E-state index in [1.54, 1.807) is 48.5 Å². The van der Waals surface area contributed by atoms with Crippen LogP contribution in [0.2, 0.25) is 0 Å². The summed E-state index contributed by atoms with van der Waals surface area (Å²) in [5, 5.41) is 5.23. The second-order valence-electron chi connectivity index (χ2n) is 7.08. The van der Waals surface area contributed by atoms with E-state index in [4.69, 9.17) is 4.74 Å². The van der Waals surface area contributed by atoms with Crippen molar-refractivity contribution in [2.75, 3.05) is 6.54 Å². The molecule has 6 nitrogen and oxygen atoms in total. The average molecular weight is 300 g/mol. The Morgan fingerprint density at radius 3 is 2.00 bits per heavy atom. The molecule has 0 spiro atoms. The predicted octanol–water partition coefficient (Wildman–Crippen LogP) is 1.39. The molecule has 0 radical (unpaired) electrons. The first-order valence-electron chi connectivity index (χ1n) is 7.13. The Kier molecular flexibility index (Phi) is 6.86. The van der Waals surface area contributed by atoms with Gasteiger partial charge in [-0.1, -0.05) is 20.8 Å². The standard InChI is InChI=1S/C15H28N2O4/c1-10(12(19)21-15(5,6)7)17-11(18)8-9-16-13(20)14(2,3)4/h10H,8-9H2,1-7H3,(H,16,20)(H,17,18)/t10-/m1/s1. The molecule has 0 saturated heterocycles. The summed E-state index contributed by atoms with van der Waals surface area (Å²) in [5.74, 6) is -0.896. The van der Waals surface area contributed by atoms with E-state index in [-0.39, 0.29) is 24.8 Å². The van der Waals surface area contributed by atoms with Crippen LogP contribution in [0.15, 0.2) is 0 Å². The molecular formula is C15H28N2O4. The Hall–Kier alpha value is -1.59. The fourth-order valence-corrected chi connectivity index (χ4v) is 1.32. The molecule has 122 valence electrons. The number of nitrogens with one attached hydrogen (secondary N) is 2. The molecule has 0 heterocycles. The van der Waals surface area contributed by atoms with Gasteiger partial charge in [-0.2, -0.15) is 0 Å². The zero-order valence-corrected chi connectivity index (χ0v) is 14.1. The Labute approximate surface area is 127 Å². The fraction of sp³-hybridized carbons (Fsp3) is 0.800. The molecule has 0 aromatic rings. The lowest BCUT2D eigenvalue weighted by atomic mass is 9.96. The third-order valence-corrected chi connectivity index (χ3v) is 2.46. The predicted molar refractivity (Wildman–Crippen MR) is 80.5 cm³/mol. The lowest BCUT2D eigenvalue weighted by Gasteiger charge is -2.22. The quantitative estimate of drug-likeness (QED) is 0.751. The molecule has 0 aliphatic carbocycles. The molecule has 0 saturated carbocycles. The molecular weight excluding hydrogens is 272 g/mol. The van der Waals surface area contributed by atoms with Crippen molar-refractivity contribution >= 4 is 17.8 Å². The SMILES string of the molecule is C[C@@H](NC(=O)CCNC(=O)C(C)(C)C)C(=O)OC(C)(C)C. The molecule has 6 heteroatoms. The summed E-state index contributed by atoms with van der Waals surface area (Å²) in [5.41, 5.74) is -1.07. The minimum Gasteiger partial charge on any atom is -0.458 e. The van der Waals surface area contributed by atoms with Crippen LogP contribution < -0.4 is 10.6 Å². The lowest BCUT2D eigenvalue weighted by Crippen LogP contribution is -2.43. The van der Waals surface area contributed by atoms with Gasteiger partial charge in [0.05, 0.1) is 0 Å². The van der Waals surface area contributed by atoms with Crippen LogP contribution in [-0.4, -0.2) is 36.0 Å². The summed E-state index contributed by atoms with van der Waals surface area (Å²) >= 11 is 0. The fourth-order valence-electron chi connectivity index (χ4n) is 1.32. The molecule has 1 atom stereocenters. The van der Waals surface area contributed by atoms with Gasteiger partial charge in [0, 0.05) is 18.4 Å². The van der Waals surface area contributed by atoms with E-state index in [0.29, 0.717) is 0 Å². The molecule has 0 aromatic heterocycles. The maximum atomic E-state index is 11.7. The maximum absolute atomic E-state index is 11.7. The van der Waals surface area contributed by atoms with Crippen molar-refractivity contribution in [1.82, 2.24) is 10.6 Å². The summed E-state index contributed by atoms with van der Waals surface area (Å²) in [6.07, 6.45) is 0.120. The van der Waals surface area contributed by atoms with Crippen LogP contribution >= 0.6 is 0 Å². The number of carbonyl (C=O) groups excluding carboxylic acids is 3. The zero-order valence-electron chi connectivity index (χ0n) is 14.1. The van der Waals surface area contributed by atoms with Crippen LogP contribution in [0.25, 0.3) is 0 Å². The number of esters is 1. The van der Waals surface area contributed by atoms with Crippen LogP contribution in [-0.2, 0) is 19.1 Å². The summed E-state index contributed by atoms with van der Waals surface area (Å²) < 4.78 is 5.16. The molecule has 0 rings (SSSR count). The van der Waals surface area contributed by atoms with E-state index in [0.717, 1.165) is 0 Å². The molecule has 0 fully saturated rings. The summed E-state index contributed by atoms with van der Waals surface area (Å²) in [6, 6.07) is -0.713. The number of carbonyl (C=O) groups is 3. The molecule has 0 aromatic carbocycles. The largest absolute Gasteiger partial charge is 0.458 e. The van der Waals surface area contributed by atoms with E-state index in [2.05, 4.69) is 10.6 Å². The van der Waals surface area contributed by atoms with E-state index in [9.17, 15) is 14.4 Å². The van der Waals surface area contributed by atoms with Crippen LogP contribution in [0.4, 0.5) is 0 Å². The van der Waals surface area contributed by atoms with Gasteiger partial charge in [-0.15, -0.1) is 0 Å². The van der Waals surface area contributed by atoms with E-state index < -0.39 is 23.0 Å². The second-order valence-corrected chi connectivity index (χ2v) is 7.08. The number of amides is 2. The highest BCUT2D eigenvalue weighted by Crippen LogP contribution is 2.12. The van der Waals surface area contributed by atoms with Gasteiger partial charge in [0.15, 0.2) is 0 Å². The van der Waals surface area contributed by atoms with Gasteiger partial charge in [-0.25, -0.2) is 4.79 Å². The van der Waals surface area contributed by atoms with Gasteiger partial charge in [-0.05, 0) is 27.7 Å². The second kappa shape index (κ2) is 7.43. The molecule has 0 aliphatic rings. The molecule has 2 N–H and O–H groups in total. The zero-order chi connectivity index (χ0) is 16.8. The highest BCUT2D eigenvalue weighted by molar-refractivity contribution is 5.85. The highest BCUT2D eigenvalue weighted by atomic mass is 16.6. The van der Waals surface area contributed by atoms with E-state index in [1.807, 2.05) is 0 Å². The first-order chi connectivity index (χ1) is 9.33. The normalized spacial score (nSPS) is 13.3. The Bertz CT molecular complexity index is 391. The third-order valence-electron chi connectivity index (χ3n) is 2.46. The number of rotatable bonds is 5. The van der Waals surface area contributed by atoms with E-state index in [1.165, 1.54) is 0 Å². The van der Waals surface area contributed by atoms with Crippen LogP contribution in [0.5, 0.6) is 0 Å². The Balaban J connectivity index is 4.10. The monoisotopic (exact) mass is 300 g/mol. The van der Waals surface area contributed by atoms with Gasteiger partial charge in [0.2, 0.25) is 11.8 Å². The third kappa shape index (κ3) is 9.05. The van der Waals surface area contributed by atoms with Crippen LogP contribution in [0.1, 0.15) is 54.9 Å². The number of hydrogen-bond acceptors (Lipinski definition) is 4. The van der Waals surface area contributed by atoms with Crippen LogP contribution in [0, 0.1) is 5.41 Å². The number of hydrogen-bond donors (Lipinski definition) is 2. The first-order valence-corrected chi connectivity index (χ1v) is 7.13. The van der Waals surface area contributed by atoms with Crippen molar-refractivity contribution in [3.05, 3.63) is 0 Å². The Morgan fingerprint density at radius 1 is 1.05 bits per heavy atom. The Morgan fingerprint density at radius 2 is 1.57 bits per heavy atom. The van der Waals surface area contributed by atoms with Crippen molar-refractivity contribution in [1.29, 1.82) is 0 Å². The molecule has 0 aliphatic heterocycles. The summed E-state index contributed by atoms with van der Waals surface area (Å²) in [6.45, 7) is 12.5. The average Bonchev–Trinajstić information content (AvgIpc) is 2.24. The van der Waals surface area contributed by atoms with Gasteiger partial charge in [-0.3, -0.25) is 9.59 Å². The molecule has 0 unspecified atom stereocenters. The van der Waals surface area contributed by atoms with Crippen LogP contribution in [0.3, 0.4) is 0 Å². The summed E-state index contributed by atoms with van der Waals surface area (Å²) in [4.78, 5) is 35.0. The smallest absolute Gasteiger partial charge is 0.328 e. The van der Waals surface area contributed by atoms with E-state index >= 15 is 0 Å². The minimum atomic E-state index is -0.713. The van der Waals surface area contributed by atoms with Gasteiger partial charge in [0.1, 0.15) is 11.6 Å². The maximum Gasteiger partial charge on any atom is 0.328 e. The number of ether oxygens (including phenoxy) is 1. The highest BCUT2D eigenvalue weighted by Gasteiger charge is 2.23. The molecule has 0 bridgehead atoms. The molecule has 21 heavy (non-hydrogen) atoms. The van der Waals surface area contributed by atoms with Crippen molar-refractivity contribution in [2.45, 2.75) is 66.5 Å². The van der Waals surface area contributed by atoms with Gasteiger partial charge >= 0.3 is 5.97 Å². The van der Waals surface area contributed by atoms with Crippen molar-refractivity contribution in [3.8, 4) is 0 Å².